The van der Waals surface area contributed by atoms with Crippen molar-refractivity contribution in [3.8, 4) is 0 Å². The summed E-state index contributed by atoms with van der Waals surface area (Å²) in [5.41, 5.74) is 3.03. The Balaban J connectivity index is 1.56. The molecule has 176 valence electrons. The van der Waals surface area contributed by atoms with Gasteiger partial charge in [-0.3, -0.25) is 9.59 Å². The summed E-state index contributed by atoms with van der Waals surface area (Å²) < 4.78 is 5.10. The van der Waals surface area contributed by atoms with Crippen LogP contribution in [-0.2, 0) is 9.53 Å². The zero-order valence-corrected chi connectivity index (χ0v) is 19.4. The Bertz CT molecular complexity index is 1110. The quantitative estimate of drug-likeness (QED) is 0.418. The number of nitrogens with one attached hydrogen (secondary N) is 2. The molecule has 0 radical (unpaired) electrons. The second kappa shape index (κ2) is 12.2. The molecule has 0 aliphatic rings. The summed E-state index contributed by atoms with van der Waals surface area (Å²) in [6.45, 7) is 4.79. The highest BCUT2D eigenvalue weighted by Gasteiger charge is 2.16. The Hall–Kier alpha value is -4.13. The predicted octanol–water partition coefficient (Wildman–Crippen LogP) is 4.97. The average molecular weight is 460 g/mol. The maximum Gasteiger partial charge on any atom is 0.338 e. The molecule has 0 bridgehead atoms. The van der Waals surface area contributed by atoms with Crippen LogP contribution in [0.3, 0.4) is 0 Å². The first-order valence-corrected chi connectivity index (χ1v) is 11.3. The van der Waals surface area contributed by atoms with Gasteiger partial charge in [-0.25, -0.2) is 4.79 Å². The standard InChI is InChI=1S/C27H29N3O4/c1-3-17-34-27(33)20-13-15-22(16-14-20)29-25(31)19-28-23-10-8-9-21(18-23)26(32)30(4-2)24-11-6-5-7-12-24/h5-16,18,28H,3-4,17,19H2,1-2H3,(H,29,31). The van der Waals surface area contributed by atoms with E-state index in [4.69, 9.17) is 4.74 Å². The van der Waals surface area contributed by atoms with Crippen molar-refractivity contribution < 1.29 is 19.1 Å². The van der Waals surface area contributed by atoms with E-state index in [1.807, 2.05) is 44.2 Å². The maximum atomic E-state index is 13.0. The number of anilines is 3. The predicted molar refractivity (Wildman–Crippen MR) is 134 cm³/mol. The molecule has 7 nitrogen and oxygen atoms in total. The highest BCUT2D eigenvalue weighted by molar-refractivity contribution is 6.06. The van der Waals surface area contributed by atoms with Gasteiger partial charge in [-0.15, -0.1) is 0 Å². The number of carbonyl (C=O) groups is 3. The van der Waals surface area contributed by atoms with E-state index in [0.29, 0.717) is 35.7 Å². The number of rotatable bonds is 10. The zero-order valence-electron chi connectivity index (χ0n) is 19.4. The van der Waals surface area contributed by atoms with Crippen LogP contribution >= 0.6 is 0 Å². The van der Waals surface area contributed by atoms with Crippen molar-refractivity contribution >= 4 is 34.8 Å². The van der Waals surface area contributed by atoms with Gasteiger partial charge in [-0.2, -0.15) is 0 Å². The number of benzene rings is 3. The third-order valence-electron chi connectivity index (χ3n) is 5.03. The van der Waals surface area contributed by atoms with Gasteiger partial charge in [0.15, 0.2) is 0 Å². The van der Waals surface area contributed by atoms with Crippen LogP contribution in [0.5, 0.6) is 0 Å². The number of hydrogen-bond donors (Lipinski definition) is 2. The zero-order chi connectivity index (χ0) is 24.3. The summed E-state index contributed by atoms with van der Waals surface area (Å²) in [6, 6.07) is 23.1. The van der Waals surface area contributed by atoms with Gasteiger partial charge in [0, 0.05) is 29.2 Å². The Morgan fingerprint density at radius 2 is 1.56 bits per heavy atom. The van der Waals surface area contributed by atoms with Gasteiger partial charge in [0.05, 0.1) is 18.7 Å². The van der Waals surface area contributed by atoms with Crippen molar-refractivity contribution in [1.82, 2.24) is 0 Å². The fourth-order valence-corrected chi connectivity index (χ4v) is 3.32. The van der Waals surface area contributed by atoms with E-state index in [0.717, 1.165) is 12.1 Å². The summed E-state index contributed by atoms with van der Waals surface area (Å²) in [7, 11) is 0. The summed E-state index contributed by atoms with van der Waals surface area (Å²) in [5, 5.41) is 5.83. The number of carbonyl (C=O) groups excluding carboxylic acids is 3. The van der Waals surface area contributed by atoms with E-state index in [9.17, 15) is 14.4 Å². The van der Waals surface area contributed by atoms with Gasteiger partial charge in [0.1, 0.15) is 0 Å². The summed E-state index contributed by atoms with van der Waals surface area (Å²) in [6.07, 6.45) is 0.758. The molecule has 0 saturated heterocycles. The highest BCUT2D eigenvalue weighted by atomic mass is 16.5. The van der Waals surface area contributed by atoms with Crippen LogP contribution in [0, 0.1) is 0 Å². The first kappa shape index (κ1) is 24.5. The third kappa shape index (κ3) is 6.68. The smallest absolute Gasteiger partial charge is 0.338 e. The summed E-state index contributed by atoms with van der Waals surface area (Å²) in [5.74, 6) is -0.749. The molecule has 0 unspecified atom stereocenters. The van der Waals surface area contributed by atoms with Crippen LogP contribution in [0.15, 0.2) is 78.9 Å². The van der Waals surface area contributed by atoms with E-state index in [2.05, 4.69) is 10.6 Å². The van der Waals surface area contributed by atoms with Crippen LogP contribution < -0.4 is 15.5 Å². The number of amides is 2. The molecule has 0 aromatic heterocycles. The van der Waals surface area contributed by atoms with E-state index in [1.165, 1.54) is 0 Å². The molecule has 0 saturated carbocycles. The van der Waals surface area contributed by atoms with Gasteiger partial charge in [-0.05, 0) is 67.9 Å². The Labute approximate surface area is 199 Å². The highest BCUT2D eigenvalue weighted by Crippen LogP contribution is 2.19. The van der Waals surface area contributed by atoms with Crippen molar-refractivity contribution in [3.63, 3.8) is 0 Å². The minimum Gasteiger partial charge on any atom is -0.462 e. The normalized spacial score (nSPS) is 10.3. The van der Waals surface area contributed by atoms with Crippen molar-refractivity contribution in [3.05, 3.63) is 90.0 Å². The minimum atomic E-state index is -0.385. The first-order valence-electron chi connectivity index (χ1n) is 11.3. The van der Waals surface area contributed by atoms with Crippen molar-refractivity contribution in [2.45, 2.75) is 20.3 Å². The van der Waals surface area contributed by atoms with Gasteiger partial charge in [-0.1, -0.05) is 31.2 Å². The van der Waals surface area contributed by atoms with Gasteiger partial charge < -0.3 is 20.3 Å². The largest absolute Gasteiger partial charge is 0.462 e. The lowest BCUT2D eigenvalue weighted by molar-refractivity contribution is -0.114. The van der Waals surface area contributed by atoms with Gasteiger partial charge >= 0.3 is 5.97 Å². The molecule has 3 aromatic rings. The summed E-state index contributed by atoms with van der Waals surface area (Å²) in [4.78, 5) is 39.0. The van der Waals surface area contributed by atoms with Crippen molar-refractivity contribution in [2.24, 2.45) is 0 Å². The van der Waals surface area contributed by atoms with Crippen molar-refractivity contribution in [1.29, 1.82) is 0 Å². The van der Waals surface area contributed by atoms with Crippen LogP contribution in [0.1, 0.15) is 41.0 Å². The van der Waals surface area contributed by atoms with Crippen LogP contribution in [0.25, 0.3) is 0 Å². The molecule has 0 spiro atoms. The lowest BCUT2D eigenvalue weighted by atomic mass is 10.1. The SMILES string of the molecule is CCCOC(=O)c1ccc(NC(=O)CNc2cccc(C(=O)N(CC)c3ccccc3)c2)cc1. The Morgan fingerprint density at radius 3 is 2.24 bits per heavy atom. The molecule has 0 fully saturated rings. The molecule has 0 aliphatic carbocycles. The number of ether oxygens (including phenoxy) is 1. The van der Waals surface area contributed by atoms with Crippen LogP contribution in [-0.4, -0.2) is 37.5 Å². The molecule has 7 heteroatoms. The number of hydrogen-bond acceptors (Lipinski definition) is 5. The molecule has 0 atom stereocenters. The number of nitrogens with zero attached hydrogens (tertiary/aromatic N) is 1. The average Bonchev–Trinajstić information content (AvgIpc) is 2.87. The van der Waals surface area contributed by atoms with Crippen LogP contribution in [0.2, 0.25) is 0 Å². The maximum absolute atomic E-state index is 13.0. The fourth-order valence-electron chi connectivity index (χ4n) is 3.32. The minimum absolute atomic E-state index is 0.0219. The van der Waals surface area contributed by atoms with Crippen molar-refractivity contribution in [2.75, 3.05) is 35.2 Å². The monoisotopic (exact) mass is 459 g/mol. The van der Waals surface area contributed by atoms with Gasteiger partial charge in [0.2, 0.25) is 5.91 Å². The molecule has 34 heavy (non-hydrogen) atoms. The second-order valence-electron chi connectivity index (χ2n) is 7.58. The lowest BCUT2D eigenvalue weighted by Crippen LogP contribution is -2.30. The molecule has 2 N–H and O–H groups in total. The Morgan fingerprint density at radius 1 is 0.824 bits per heavy atom. The molecule has 0 aliphatic heterocycles. The van der Waals surface area contributed by atoms with E-state index in [-0.39, 0.29) is 24.3 Å². The molecular weight excluding hydrogens is 430 g/mol. The molecular formula is C27H29N3O4. The topological polar surface area (TPSA) is 87.7 Å². The second-order valence-corrected chi connectivity index (χ2v) is 7.58. The third-order valence-corrected chi connectivity index (χ3v) is 5.03. The first-order chi connectivity index (χ1) is 16.5. The molecule has 0 heterocycles. The fraction of sp³-hybridized carbons (Fsp3) is 0.222. The van der Waals surface area contributed by atoms with E-state index in [1.54, 1.807) is 53.4 Å². The van der Waals surface area contributed by atoms with Crippen LogP contribution in [0.4, 0.5) is 17.1 Å². The molecule has 3 rings (SSSR count). The molecule has 3 aromatic carbocycles. The van der Waals surface area contributed by atoms with E-state index < -0.39 is 0 Å². The number of para-hydroxylation sites is 1. The Kier molecular flexibility index (Phi) is 8.80. The molecule has 2 amide bonds. The lowest BCUT2D eigenvalue weighted by Gasteiger charge is -2.21. The van der Waals surface area contributed by atoms with Gasteiger partial charge in [0.25, 0.3) is 5.91 Å². The number of esters is 1. The van der Waals surface area contributed by atoms with E-state index >= 15 is 0 Å². The summed E-state index contributed by atoms with van der Waals surface area (Å²) >= 11 is 0.